The molecule has 5 N–H and O–H groups in total. The van der Waals surface area contributed by atoms with Gasteiger partial charge in [-0.1, -0.05) is 0 Å². The van der Waals surface area contributed by atoms with E-state index in [-0.39, 0.29) is 68.8 Å². The summed E-state index contributed by atoms with van der Waals surface area (Å²) >= 11 is 0. The maximum atomic E-state index is 0. The van der Waals surface area contributed by atoms with E-state index in [4.69, 9.17) is 0 Å². The molecule has 5 heavy (non-hydrogen) atoms. The van der Waals surface area contributed by atoms with E-state index in [1.54, 1.807) is 0 Å². The third-order valence-electron chi connectivity index (χ3n) is 0. The molecule has 1 radical (unpaired) electrons. The quantitative estimate of drug-likeness (QED) is 0.481. The van der Waals surface area contributed by atoms with E-state index >= 15 is 0 Å². The van der Waals surface area contributed by atoms with Crippen LogP contribution >= 0.6 is 0 Å². The third-order valence-corrected chi connectivity index (χ3v) is 0. The molecule has 0 heterocycles. The van der Waals surface area contributed by atoms with Gasteiger partial charge in [-0.15, -0.1) is 0 Å². The van der Waals surface area contributed by atoms with Gasteiger partial charge in [-0.25, -0.2) is 0 Å². The van der Waals surface area contributed by atoms with Crippen molar-refractivity contribution in [3.8, 4) is 0 Å². The van der Waals surface area contributed by atoms with Gasteiger partial charge in [0.1, 0.15) is 0 Å². The van der Waals surface area contributed by atoms with Crippen LogP contribution in [0.4, 0.5) is 0 Å². The Morgan fingerprint density at radius 3 is 0.800 bits per heavy atom. The molecule has 0 aliphatic heterocycles. The van der Waals surface area contributed by atoms with Crippen LogP contribution in [0.25, 0.3) is 0 Å². The zero-order valence-electron chi connectivity index (χ0n) is 2.12. The van der Waals surface area contributed by atoms with E-state index < -0.39 is 0 Å². The van der Waals surface area contributed by atoms with Crippen molar-refractivity contribution in [2.24, 2.45) is 0 Å². The average Bonchev–Trinajstić information content (AvgIpc) is 0. The molecular formula is H5O4Yb. The molecule has 0 spiro atoms. The van der Waals surface area contributed by atoms with Crippen molar-refractivity contribution in [3.05, 3.63) is 0 Å². The first kappa shape index (κ1) is 98.8. The van der Waals surface area contributed by atoms with Crippen LogP contribution in [-0.2, 0) is 5.48 Å². The smallest absolute Gasteiger partial charge is 2.00 e. The average molecular weight is 242 g/mol. The Balaban J connectivity index is 0. The van der Waals surface area contributed by atoms with Crippen molar-refractivity contribution in [2.45, 2.75) is 0 Å². The Hall–Kier alpha value is 1.36. The Labute approximate surface area is 68.0 Å². The molecule has 0 amide bonds. The fourth-order valence-corrected chi connectivity index (χ4v) is 0. The van der Waals surface area contributed by atoms with E-state index in [2.05, 4.69) is 0 Å². The van der Waals surface area contributed by atoms with Gasteiger partial charge in [-0.3, -0.25) is 0 Å². The molecule has 0 unspecified atom stereocenters. The zero-order chi connectivity index (χ0) is 0. The second kappa shape index (κ2) is 55.1. The van der Waals surface area contributed by atoms with Crippen molar-refractivity contribution in [3.63, 3.8) is 0 Å². The van der Waals surface area contributed by atoms with Crippen molar-refractivity contribution in [1.29, 1.82) is 0 Å². The molecule has 0 aromatic carbocycles. The van der Waals surface area contributed by atoms with Gasteiger partial charge in [0.2, 0.25) is 0 Å². The third kappa shape index (κ3) is 32.7. The van der Waals surface area contributed by atoms with Gasteiger partial charge < -0.3 is 21.9 Å². The van der Waals surface area contributed by atoms with Crippen LogP contribution in [0.3, 0.4) is 0 Å². The molecule has 5 heteroatoms. The molecule has 0 aliphatic rings. The van der Waals surface area contributed by atoms with Crippen LogP contribution < -0.4 is 0 Å². The van der Waals surface area contributed by atoms with Gasteiger partial charge in [-0.05, 0) is 0 Å². The maximum absolute atomic E-state index is 0. The monoisotopic (exact) mass is 243 g/mol. The molecule has 43 valence electrons. The molecule has 0 saturated heterocycles. The molecule has 0 aromatic heterocycles. The van der Waals surface area contributed by atoms with Crippen molar-refractivity contribution in [2.75, 3.05) is 0 Å². The molecule has 0 rings (SSSR count). The molecule has 4 nitrogen and oxygen atoms in total. The minimum Gasteiger partial charge on any atom is -2.00 e. The molecule has 0 bridgehead atoms. The van der Waals surface area contributed by atoms with E-state index in [1.165, 1.54) is 0 Å². The van der Waals surface area contributed by atoms with Gasteiger partial charge in [0.25, 0.3) is 0 Å². The van der Waals surface area contributed by atoms with Crippen LogP contribution in [0, 0.1) is 46.9 Å². The summed E-state index contributed by atoms with van der Waals surface area (Å²) in [6, 6.07) is 0. The molecule has 0 fully saturated rings. The first-order valence-corrected chi connectivity index (χ1v) is 0. The minimum absolute atomic E-state index is 0. The second-order valence-corrected chi connectivity index (χ2v) is 0. The summed E-state index contributed by atoms with van der Waals surface area (Å²) in [6.07, 6.45) is 0. The summed E-state index contributed by atoms with van der Waals surface area (Å²) in [6.45, 7) is 0. The first-order chi connectivity index (χ1) is 0. The Morgan fingerprint density at radius 2 is 0.800 bits per heavy atom. The summed E-state index contributed by atoms with van der Waals surface area (Å²) in [5, 5.41) is 0. The summed E-state index contributed by atoms with van der Waals surface area (Å²) in [5.74, 6) is 0. The largest absolute Gasteiger partial charge is 3.00 e. The summed E-state index contributed by atoms with van der Waals surface area (Å²) in [5.41, 5.74) is 0. The van der Waals surface area contributed by atoms with Crippen LogP contribution in [-0.4, -0.2) is 16.4 Å². The van der Waals surface area contributed by atoms with Crippen LogP contribution in [0.1, 0.15) is 0 Å². The fraction of sp³-hybridized carbons (Fsp3) is 0. The fourth-order valence-electron chi connectivity index (χ4n) is 0. The molecule has 0 aliphatic carbocycles. The summed E-state index contributed by atoms with van der Waals surface area (Å²) in [4.78, 5) is 0. The van der Waals surface area contributed by atoms with E-state index in [0.717, 1.165) is 0 Å². The van der Waals surface area contributed by atoms with Crippen molar-refractivity contribution >= 4 is 0 Å². The summed E-state index contributed by atoms with van der Waals surface area (Å²) in [7, 11) is 0. The van der Waals surface area contributed by atoms with Gasteiger partial charge >= 0.3 is 46.9 Å². The summed E-state index contributed by atoms with van der Waals surface area (Å²) < 4.78 is 0. The normalized spacial score (nSPS) is 0. The maximum Gasteiger partial charge on any atom is 3.00 e. The minimum atomic E-state index is 0. The zero-order valence-corrected chi connectivity index (χ0v) is 3.84. The SMILES string of the molecule is O.O.[O-2].[OH-].[Yb+3]. The van der Waals surface area contributed by atoms with Gasteiger partial charge in [-0.2, -0.15) is 0 Å². The topological polar surface area (TPSA) is 122 Å². The molecule has 0 atom stereocenters. The standard InChI is InChI=1S/3H2O.O.Yb/h3*1H2;;/q;;;-2;+3/p-1. The van der Waals surface area contributed by atoms with Crippen molar-refractivity contribution < 1.29 is 68.8 Å². The number of hydrogen-bond acceptors (Lipinski definition) is 1. The molecule has 0 saturated carbocycles. The second-order valence-electron chi connectivity index (χ2n) is 0. The van der Waals surface area contributed by atoms with Crippen LogP contribution in [0.2, 0.25) is 0 Å². The number of rotatable bonds is 0. The van der Waals surface area contributed by atoms with Crippen LogP contribution in [0.15, 0.2) is 0 Å². The Morgan fingerprint density at radius 1 is 0.800 bits per heavy atom. The first-order valence-electron chi connectivity index (χ1n) is 0. The predicted octanol–water partition coefficient (Wildman–Crippen LogP) is -1.95. The Bertz CT molecular complexity index is 3.61. The van der Waals surface area contributed by atoms with E-state index in [0.29, 0.717) is 0 Å². The van der Waals surface area contributed by atoms with Crippen LogP contribution in [0.5, 0.6) is 0 Å². The van der Waals surface area contributed by atoms with Gasteiger partial charge in [0, 0.05) is 0 Å². The van der Waals surface area contributed by atoms with Gasteiger partial charge in [0.05, 0.1) is 0 Å². The van der Waals surface area contributed by atoms with E-state index in [1.807, 2.05) is 0 Å². The molecular weight excluding hydrogens is 237 g/mol. The van der Waals surface area contributed by atoms with Gasteiger partial charge in [0.15, 0.2) is 0 Å². The Kier molecular flexibility index (Phi) is 1090. The number of hydrogen-bond donors (Lipinski definition) is 0. The van der Waals surface area contributed by atoms with Crippen molar-refractivity contribution in [1.82, 2.24) is 0 Å². The molecule has 0 aromatic rings. The predicted molar refractivity (Wildman–Crippen MR) is 9.85 cm³/mol. The van der Waals surface area contributed by atoms with E-state index in [9.17, 15) is 0 Å².